The summed E-state index contributed by atoms with van der Waals surface area (Å²) in [5, 5.41) is 7.51. The van der Waals surface area contributed by atoms with Crippen LogP contribution in [0, 0.1) is 5.92 Å². The molecular formula is C17H17F2N3O4. The maximum absolute atomic E-state index is 12.6. The van der Waals surface area contributed by atoms with Gasteiger partial charge in [0.1, 0.15) is 0 Å². The minimum absolute atomic E-state index is 0.00331. The van der Waals surface area contributed by atoms with E-state index in [-0.39, 0.29) is 11.5 Å². The summed E-state index contributed by atoms with van der Waals surface area (Å²) in [6.45, 7) is -0.678. The van der Waals surface area contributed by atoms with Crippen LogP contribution in [0.15, 0.2) is 35.1 Å². The van der Waals surface area contributed by atoms with Gasteiger partial charge in [0.05, 0.1) is 12.3 Å². The van der Waals surface area contributed by atoms with Crippen molar-refractivity contribution in [1.29, 1.82) is 0 Å². The molecule has 0 saturated heterocycles. The van der Waals surface area contributed by atoms with Crippen molar-refractivity contribution in [2.24, 2.45) is 5.92 Å². The highest BCUT2D eigenvalue weighted by Gasteiger charge is 2.37. The van der Waals surface area contributed by atoms with Gasteiger partial charge in [-0.2, -0.15) is 8.78 Å². The van der Waals surface area contributed by atoms with Crippen molar-refractivity contribution in [2.75, 3.05) is 6.61 Å². The Kier molecular flexibility index (Phi) is 4.23. The number of nitrogens with zero attached hydrogens (tertiary/aromatic N) is 2. The van der Waals surface area contributed by atoms with Gasteiger partial charge in [-0.05, 0) is 50.0 Å². The molecule has 26 heavy (non-hydrogen) atoms. The van der Waals surface area contributed by atoms with Crippen LogP contribution in [0.5, 0.6) is 11.5 Å². The summed E-state index contributed by atoms with van der Waals surface area (Å²) in [4.78, 5) is 5.56. The second-order valence-electron chi connectivity index (χ2n) is 6.41. The average Bonchev–Trinajstić information content (AvgIpc) is 3.09. The SMILES string of the molecule is CC1(c2nnco2)C=C(c2ccc(OC(F)F)c(OCC3CC3)c2)NO1. The van der Waals surface area contributed by atoms with E-state index in [2.05, 4.69) is 20.4 Å². The van der Waals surface area contributed by atoms with Gasteiger partial charge < -0.3 is 13.9 Å². The largest absolute Gasteiger partial charge is 0.489 e. The molecule has 1 aromatic heterocycles. The number of alkyl halides is 2. The molecule has 1 aliphatic carbocycles. The number of hydroxylamine groups is 1. The van der Waals surface area contributed by atoms with E-state index in [9.17, 15) is 8.78 Å². The van der Waals surface area contributed by atoms with Crippen LogP contribution >= 0.6 is 0 Å². The molecule has 138 valence electrons. The van der Waals surface area contributed by atoms with Crippen LogP contribution in [0.4, 0.5) is 8.78 Å². The highest BCUT2D eigenvalue weighted by atomic mass is 19.3. The Hall–Kier alpha value is -2.68. The van der Waals surface area contributed by atoms with E-state index in [1.165, 1.54) is 12.5 Å². The predicted octanol–water partition coefficient (Wildman–Crippen LogP) is 3.25. The molecule has 2 aliphatic rings. The number of hydrogen-bond acceptors (Lipinski definition) is 7. The third-order valence-corrected chi connectivity index (χ3v) is 4.22. The first-order valence-corrected chi connectivity index (χ1v) is 8.19. The minimum atomic E-state index is -2.92. The van der Waals surface area contributed by atoms with E-state index >= 15 is 0 Å². The number of aromatic nitrogens is 2. The standard InChI is InChI=1S/C17H17F2N3O4/c1-17(15-21-20-9-24-15)7-12(22-26-17)11-4-5-13(25-16(18)19)14(6-11)23-8-10-2-3-10/h4-7,9-10,16,22H,2-3,8H2,1H3. The maximum Gasteiger partial charge on any atom is 0.387 e. The van der Waals surface area contributed by atoms with Crippen LogP contribution in [-0.4, -0.2) is 23.4 Å². The topological polar surface area (TPSA) is 78.6 Å². The number of rotatable bonds is 7. The van der Waals surface area contributed by atoms with Gasteiger partial charge in [0.25, 0.3) is 5.89 Å². The van der Waals surface area contributed by atoms with Crippen LogP contribution in [0.3, 0.4) is 0 Å². The van der Waals surface area contributed by atoms with Crippen LogP contribution in [0.2, 0.25) is 0 Å². The molecule has 0 amide bonds. The van der Waals surface area contributed by atoms with E-state index in [1.807, 2.05) is 0 Å². The second-order valence-corrected chi connectivity index (χ2v) is 6.41. The highest BCUT2D eigenvalue weighted by molar-refractivity contribution is 5.68. The Labute approximate surface area is 147 Å². The molecule has 1 fully saturated rings. The number of hydrogen-bond donors (Lipinski definition) is 1. The fourth-order valence-electron chi connectivity index (χ4n) is 2.61. The third kappa shape index (κ3) is 3.48. The van der Waals surface area contributed by atoms with Crippen LogP contribution in [0.25, 0.3) is 5.70 Å². The van der Waals surface area contributed by atoms with E-state index in [0.29, 0.717) is 29.7 Å². The number of halogens is 2. The quantitative estimate of drug-likeness (QED) is 0.807. The molecule has 0 spiro atoms. The van der Waals surface area contributed by atoms with Gasteiger partial charge in [-0.25, -0.2) is 0 Å². The summed E-state index contributed by atoms with van der Waals surface area (Å²) < 4.78 is 40.7. The van der Waals surface area contributed by atoms with Crippen LogP contribution in [0.1, 0.15) is 31.2 Å². The van der Waals surface area contributed by atoms with Gasteiger partial charge in [0.15, 0.2) is 17.1 Å². The first-order valence-electron chi connectivity index (χ1n) is 8.19. The molecule has 7 nitrogen and oxygen atoms in total. The van der Waals surface area contributed by atoms with Crippen molar-refractivity contribution < 1.29 is 27.5 Å². The van der Waals surface area contributed by atoms with Gasteiger partial charge in [-0.1, -0.05) is 0 Å². The van der Waals surface area contributed by atoms with Crippen molar-refractivity contribution >= 4 is 5.70 Å². The number of benzene rings is 1. The predicted molar refractivity (Wildman–Crippen MR) is 85.1 cm³/mol. The van der Waals surface area contributed by atoms with Crippen molar-refractivity contribution in [1.82, 2.24) is 15.7 Å². The first-order chi connectivity index (χ1) is 12.5. The minimum Gasteiger partial charge on any atom is -0.489 e. The van der Waals surface area contributed by atoms with Gasteiger partial charge >= 0.3 is 6.61 Å². The Balaban J connectivity index is 1.60. The zero-order valence-electron chi connectivity index (χ0n) is 13.9. The molecule has 4 rings (SSSR count). The molecule has 1 aromatic carbocycles. The third-order valence-electron chi connectivity index (χ3n) is 4.22. The second kappa shape index (κ2) is 6.56. The molecule has 9 heteroatoms. The molecule has 2 heterocycles. The molecule has 1 unspecified atom stereocenters. The van der Waals surface area contributed by atoms with Gasteiger partial charge in [0, 0.05) is 5.56 Å². The Morgan fingerprint density at radius 3 is 2.88 bits per heavy atom. The monoisotopic (exact) mass is 365 g/mol. The molecule has 1 saturated carbocycles. The Bertz CT molecular complexity index is 808. The lowest BCUT2D eigenvalue weighted by molar-refractivity contribution is -0.0515. The first kappa shape index (κ1) is 16.8. The fraction of sp³-hybridized carbons (Fsp3) is 0.412. The Morgan fingerprint density at radius 1 is 1.35 bits per heavy atom. The normalized spacial score (nSPS) is 22.2. The summed E-state index contributed by atoms with van der Waals surface area (Å²) >= 11 is 0. The summed E-state index contributed by atoms with van der Waals surface area (Å²) in [5.41, 5.74) is 3.20. The lowest BCUT2D eigenvalue weighted by Gasteiger charge is -2.14. The molecule has 1 atom stereocenters. The van der Waals surface area contributed by atoms with Crippen molar-refractivity contribution in [3.8, 4) is 11.5 Å². The molecule has 2 aromatic rings. The summed E-state index contributed by atoms with van der Waals surface area (Å²) in [6.07, 6.45) is 5.17. The summed E-state index contributed by atoms with van der Waals surface area (Å²) in [6, 6.07) is 4.74. The van der Waals surface area contributed by atoms with Crippen LogP contribution < -0.4 is 15.0 Å². The molecule has 1 N–H and O–H groups in total. The van der Waals surface area contributed by atoms with E-state index in [4.69, 9.17) is 14.0 Å². The number of nitrogens with one attached hydrogen (secondary N) is 1. The fourth-order valence-corrected chi connectivity index (χ4v) is 2.61. The van der Waals surface area contributed by atoms with Crippen LogP contribution in [-0.2, 0) is 10.4 Å². The summed E-state index contributed by atoms with van der Waals surface area (Å²) in [7, 11) is 0. The smallest absolute Gasteiger partial charge is 0.387 e. The van der Waals surface area contributed by atoms with E-state index < -0.39 is 12.2 Å². The lowest BCUT2D eigenvalue weighted by atomic mass is 10.0. The van der Waals surface area contributed by atoms with Gasteiger partial charge in [0.2, 0.25) is 6.39 Å². The average molecular weight is 365 g/mol. The van der Waals surface area contributed by atoms with E-state index in [1.54, 1.807) is 25.1 Å². The van der Waals surface area contributed by atoms with Gasteiger partial charge in [-0.15, -0.1) is 10.2 Å². The van der Waals surface area contributed by atoms with Crippen molar-refractivity contribution in [3.05, 3.63) is 42.1 Å². The zero-order valence-corrected chi connectivity index (χ0v) is 13.9. The highest BCUT2D eigenvalue weighted by Crippen LogP contribution is 2.38. The summed E-state index contributed by atoms with van der Waals surface area (Å²) in [5.74, 6) is 1.04. The molecule has 0 bridgehead atoms. The Morgan fingerprint density at radius 2 is 2.19 bits per heavy atom. The van der Waals surface area contributed by atoms with Gasteiger partial charge in [-0.3, -0.25) is 10.3 Å². The van der Waals surface area contributed by atoms with Crippen molar-refractivity contribution in [2.45, 2.75) is 32.0 Å². The lowest BCUT2D eigenvalue weighted by Crippen LogP contribution is -2.23. The molecular weight excluding hydrogens is 348 g/mol. The van der Waals surface area contributed by atoms with Crippen molar-refractivity contribution in [3.63, 3.8) is 0 Å². The maximum atomic E-state index is 12.6. The molecule has 0 radical (unpaired) electrons. The zero-order chi connectivity index (χ0) is 18.1. The van der Waals surface area contributed by atoms with E-state index in [0.717, 1.165) is 12.8 Å². The number of ether oxygens (including phenoxy) is 2. The molecule has 1 aliphatic heterocycles.